The SMILES string of the molecule is CCC(=O)N1CCC[C@@H]1[C@@H]1CCCN1c1cc(C)nc(N)n1. The van der Waals surface area contributed by atoms with Crippen LogP contribution in [0.3, 0.4) is 0 Å². The standard InChI is InChI=1S/C16H25N5O/c1-3-15(22)21-9-5-7-13(21)12-6-4-8-20(12)14-10-11(2)18-16(17)19-14/h10,12-13H,3-9H2,1-2H3,(H2,17,18,19)/t12-,13+/m0/s1. The van der Waals surface area contributed by atoms with E-state index in [-0.39, 0.29) is 5.91 Å². The quantitative estimate of drug-likeness (QED) is 0.920. The molecule has 0 aromatic carbocycles. The number of hydrogen-bond donors (Lipinski definition) is 1. The number of nitrogen functional groups attached to an aromatic ring is 1. The number of amides is 1. The Hall–Kier alpha value is -1.85. The number of rotatable bonds is 3. The zero-order chi connectivity index (χ0) is 15.7. The molecule has 2 aliphatic heterocycles. The fraction of sp³-hybridized carbons (Fsp3) is 0.688. The van der Waals surface area contributed by atoms with Gasteiger partial charge in [0.25, 0.3) is 0 Å². The molecule has 0 bridgehead atoms. The van der Waals surface area contributed by atoms with Crippen molar-refractivity contribution in [2.24, 2.45) is 0 Å². The van der Waals surface area contributed by atoms with Crippen molar-refractivity contribution < 1.29 is 4.79 Å². The number of aromatic nitrogens is 2. The maximum absolute atomic E-state index is 12.2. The first-order valence-electron chi connectivity index (χ1n) is 8.27. The molecule has 3 rings (SSSR count). The summed E-state index contributed by atoms with van der Waals surface area (Å²) in [5.74, 6) is 1.50. The van der Waals surface area contributed by atoms with Gasteiger partial charge in [0.2, 0.25) is 11.9 Å². The van der Waals surface area contributed by atoms with Crippen LogP contribution in [0.1, 0.15) is 44.7 Å². The van der Waals surface area contributed by atoms with Crippen LogP contribution in [-0.2, 0) is 4.79 Å². The zero-order valence-corrected chi connectivity index (χ0v) is 13.5. The summed E-state index contributed by atoms with van der Waals surface area (Å²) in [5, 5.41) is 0. The van der Waals surface area contributed by atoms with Gasteiger partial charge in [0.1, 0.15) is 5.82 Å². The van der Waals surface area contributed by atoms with Crippen LogP contribution in [0.15, 0.2) is 6.07 Å². The Morgan fingerprint density at radius 1 is 1.27 bits per heavy atom. The summed E-state index contributed by atoms with van der Waals surface area (Å²) in [6.07, 6.45) is 5.03. The topological polar surface area (TPSA) is 75.4 Å². The zero-order valence-electron chi connectivity index (χ0n) is 13.5. The van der Waals surface area contributed by atoms with E-state index in [2.05, 4.69) is 19.8 Å². The smallest absolute Gasteiger partial charge is 0.222 e. The van der Waals surface area contributed by atoms with E-state index in [4.69, 9.17) is 5.73 Å². The van der Waals surface area contributed by atoms with Crippen molar-refractivity contribution in [3.63, 3.8) is 0 Å². The third-order valence-electron chi connectivity index (χ3n) is 4.82. The van der Waals surface area contributed by atoms with Crippen LogP contribution in [0.25, 0.3) is 0 Å². The summed E-state index contributed by atoms with van der Waals surface area (Å²) in [7, 11) is 0. The Labute approximate surface area is 131 Å². The van der Waals surface area contributed by atoms with E-state index in [0.29, 0.717) is 24.5 Å². The lowest BCUT2D eigenvalue weighted by molar-refractivity contribution is -0.132. The number of anilines is 2. The average molecular weight is 303 g/mol. The van der Waals surface area contributed by atoms with Gasteiger partial charge in [-0.3, -0.25) is 4.79 Å². The van der Waals surface area contributed by atoms with Crippen LogP contribution in [0, 0.1) is 6.92 Å². The highest BCUT2D eigenvalue weighted by atomic mass is 16.2. The van der Waals surface area contributed by atoms with Crippen LogP contribution in [0.4, 0.5) is 11.8 Å². The summed E-state index contributed by atoms with van der Waals surface area (Å²) in [4.78, 5) is 25.2. The van der Waals surface area contributed by atoms with Gasteiger partial charge in [-0.25, -0.2) is 4.98 Å². The highest BCUT2D eigenvalue weighted by molar-refractivity contribution is 5.76. The van der Waals surface area contributed by atoms with Gasteiger partial charge < -0.3 is 15.5 Å². The number of hydrogen-bond acceptors (Lipinski definition) is 5. The number of aryl methyl sites for hydroxylation is 1. The molecule has 3 heterocycles. The highest BCUT2D eigenvalue weighted by Gasteiger charge is 2.39. The maximum Gasteiger partial charge on any atom is 0.222 e. The fourth-order valence-electron chi connectivity index (χ4n) is 3.90. The molecule has 1 amide bonds. The summed E-state index contributed by atoms with van der Waals surface area (Å²) in [5.41, 5.74) is 6.70. The van der Waals surface area contributed by atoms with Crippen molar-refractivity contribution in [3.8, 4) is 0 Å². The summed E-state index contributed by atoms with van der Waals surface area (Å²) in [6, 6.07) is 2.66. The first kappa shape index (κ1) is 15.1. The number of nitrogens with two attached hydrogens (primary N) is 1. The van der Waals surface area contributed by atoms with Gasteiger partial charge in [-0.2, -0.15) is 4.98 Å². The number of carbonyl (C=O) groups excluding carboxylic acids is 1. The lowest BCUT2D eigenvalue weighted by Crippen LogP contribution is -2.48. The Morgan fingerprint density at radius 2 is 2.00 bits per heavy atom. The Balaban J connectivity index is 1.85. The van der Waals surface area contributed by atoms with Gasteiger partial charge in [-0.05, 0) is 32.6 Å². The molecule has 120 valence electrons. The minimum Gasteiger partial charge on any atom is -0.368 e. The van der Waals surface area contributed by atoms with Crippen molar-refractivity contribution in [1.82, 2.24) is 14.9 Å². The first-order chi connectivity index (χ1) is 10.6. The molecule has 1 aromatic rings. The number of carbonyl (C=O) groups is 1. The second-order valence-corrected chi connectivity index (χ2v) is 6.28. The highest BCUT2D eigenvalue weighted by Crippen LogP contribution is 2.33. The van der Waals surface area contributed by atoms with Gasteiger partial charge in [-0.1, -0.05) is 6.92 Å². The molecule has 2 N–H and O–H groups in total. The molecule has 0 saturated carbocycles. The van der Waals surface area contributed by atoms with Crippen molar-refractivity contribution in [2.75, 3.05) is 23.7 Å². The predicted octanol–water partition coefficient (Wildman–Crippen LogP) is 1.74. The van der Waals surface area contributed by atoms with E-state index in [0.717, 1.165) is 50.3 Å². The molecule has 0 aliphatic carbocycles. The minimum absolute atomic E-state index is 0.271. The van der Waals surface area contributed by atoms with Crippen LogP contribution in [0.5, 0.6) is 0 Å². The van der Waals surface area contributed by atoms with E-state index in [1.807, 2.05) is 19.9 Å². The van der Waals surface area contributed by atoms with Gasteiger partial charge in [-0.15, -0.1) is 0 Å². The van der Waals surface area contributed by atoms with Crippen LogP contribution < -0.4 is 10.6 Å². The van der Waals surface area contributed by atoms with Gasteiger partial charge >= 0.3 is 0 Å². The number of likely N-dealkylation sites (tertiary alicyclic amines) is 1. The molecule has 0 spiro atoms. The normalized spacial score (nSPS) is 25.0. The van der Waals surface area contributed by atoms with E-state index in [9.17, 15) is 4.79 Å². The molecular formula is C16H25N5O. The summed E-state index contributed by atoms with van der Waals surface area (Å²) >= 11 is 0. The van der Waals surface area contributed by atoms with Crippen molar-refractivity contribution in [2.45, 2.75) is 58.0 Å². The molecule has 0 radical (unpaired) electrons. The van der Waals surface area contributed by atoms with Gasteiger partial charge in [0.15, 0.2) is 0 Å². The molecule has 6 nitrogen and oxygen atoms in total. The minimum atomic E-state index is 0.271. The van der Waals surface area contributed by atoms with E-state index in [1.54, 1.807) is 0 Å². The molecule has 2 atom stereocenters. The van der Waals surface area contributed by atoms with Crippen LogP contribution in [-0.4, -0.2) is 45.9 Å². The largest absolute Gasteiger partial charge is 0.368 e. The molecule has 2 aliphatic rings. The third-order valence-corrected chi connectivity index (χ3v) is 4.82. The summed E-state index contributed by atoms with van der Waals surface area (Å²) in [6.45, 7) is 5.76. The molecule has 6 heteroatoms. The average Bonchev–Trinajstić information content (AvgIpc) is 3.13. The maximum atomic E-state index is 12.2. The summed E-state index contributed by atoms with van der Waals surface area (Å²) < 4.78 is 0. The third kappa shape index (κ3) is 2.74. The van der Waals surface area contributed by atoms with Crippen LogP contribution >= 0.6 is 0 Å². The van der Waals surface area contributed by atoms with Crippen molar-refractivity contribution in [1.29, 1.82) is 0 Å². The molecule has 2 fully saturated rings. The molecule has 22 heavy (non-hydrogen) atoms. The molecule has 2 saturated heterocycles. The Bertz CT molecular complexity index is 541. The van der Waals surface area contributed by atoms with Gasteiger partial charge in [0.05, 0.1) is 12.1 Å². The second kappa shape index (κ2) is 6.10. The van der Waals surface area contributed by atoms with E-state index >= 15 is 0 Å². The molecular weight excluding hydrogens is 278 g/mol. The molecule has 1 aromatic heterocycles. The van der Waals surface area contributed by atoms with E-state index < -0.39 is 0 Å². The second-order valence-electron chi connectivity index (χ2n) is 6.28. The first-order valence-corrected chi connectivity index (χ1v) is 8.27. The number of nitrogens with zero attached hydrogens (tertiary/aromatic N) is 4. The monoisotopic (exact) mass is 303 g/mol. The van der Waals surface area contributed by atoms with Crippen molar-refractivity contribution >= 4 is 17.7 Å². The lowest BCUT2D eigenvalue weighted by atomic mass is 10.0. The Kier molecular flexibility index (Phi) is 4.18. The molecule has 0 unspecified atom stereocenters. The van der Waals surface area contributed by atoms with Gasteiger partial charge in [0, 0.05) is 31.3 Å². The van der Waals surface area contributed by atoms with Crippen LogP contribution in [0.2, 0.25) is 0 Å². The predicted molar refractivity (Wildman–Crippen MR) is 86.6 cm³/mol. The Morgan fingerprint density at radius 3 is 2.73 bits per heavy atom. The van der Waals surface area contributed by atoms with Crippen molar-refractivity contribution in [3.05, 3.63) is 11.8 Å². The van der Waals surface area contributed by atoms with E-state index in [1.165, 1.54) is 0 Å². The lowest BCUT2D eigenvalue weighted by Gasteiger charge is -2.35. The fourth-order valence-corrected chi connectivity index (χ4v) is 3.90.